The minimum atomic E-state index is -3.49. The predicted octanol–water partition coefficient (Wildman–Crippen LogP) is 3.38. The molecule has 0 unspecified atom stereocenters. The number of aryl methyl sites for hydroxylation is 2. The highest BCUT2D eigenvalue weighted by atomic mass is 35.5. The van der Waals surface area contributed by atoms with Crippen LogP contribution in [0.25, 0.3) is 0 Å². The number of piperidine rings is 1. The Morgan fingerprint density at radius 2 is 1.96 bits per heavy atom. The van der Waals surface area contributed by atoms with E-state index in [0.717, 1.165) is 23.5 Å². The Balaban J connectivity index is 1.72. The fourth-order valence-electron chi connectivity index (χ4n) is 2.68. The minimum absolute atomic E-state index is 0.196. The van der Waals surface area contributed by atoms with Crippen molar-refractivity contribution >= 4 is 33.0 Å². The van der Waals surface area contributed by atoms with Gasteiger partial charge in [0, 0.05) is 30.1 Å². The second-order valence-electron chi connectivity index (χ2n) is 5.69. The van der Waals surface area contributed by atoms with Gasteiger partial charge in [0.05, 0.1) is 10.7 Å². The van der Waals surface area contributed by atoms with Gasteiger partial charge in [-0.1, -0.05) is 11.6 Å². The number of sulfonamides is 1. The van der Waals surface area contributed by atoms with Crippen molar-refractivity contribution < 1.29 is 8.42 Å². The van der Waals surface area contributed by atoms with Gasteiger partial charge in [0.15, 0.2) is 0 Å². The molecule has 3 rings (SSSR count). The molecule has 3 heterocycles. The number of pyridine rings is 1. The van der Waals surface area contributed by atoms with E-state index in [9.17, 15) is 8.42 Å². The van der Waals surface area contributed by atoms with Crippen LogP contribution in [0.1, 0.15) is 34.3 Å². The van der Waals surface area contributed by atoms with E-state index in [2.05, 4.69) is 16.9 Å². The normalized spacial score (nSPS) is 17.5. The van der Waals surface area contributed by atoms with Crippen LogP contribution in [0.2, 0.25) is 5.15 Å². The third-order valence-electron chi connectivity index (χ3n) is 4.19. The van der Waals surface area contributed by atoms with Crippen molar-refractivity contribution in [2.24, 2.45) is 0 Å². The Hall–Kier alpha value is -1.02. The molecule has 0 N–H and O–H groups in total. The highest BCUT2D eigenvalue weighted by Crippen LogP contribution is 2.33. The van der Waals surface area contributed by atoms with Gasteiger partial charge in [0.2, 0.25) is 10.0 Å². The summed E-state index contributed by atoms with van der Waals surface area (Å²) in [7, 11) is -3.49. The number of rotatable bonds is 3. The molecule has 0 aromatic carbocycles. The summed E-state index contributed by atoms with van der Waals surface area (Å²) in [5.41, 5.74) is 1.08. The molecule has 1 aliphatic heterocycles. The molecule has 124 valence electrons. The number of aromatic nitrogens is 2. The Morgan fingerprint density at radius 3 is 2.48 bits per heavy atom. The van der Waals surface area contributed by atoms with Crippen LogP contribution in [0.4, 0.5) is 0 Å². The lowest BCUT2D eigenvalue weighted by Crippen LogP contribution is -2.37. The Kier molecular flexibility index (Phi) is 4.73. The molecule has 0 saturated carbocycles. The van der Waals surface area contributed by atoms with E-state index in [-0.39, 0.29) is 10.0 Å². The molecular weight excluding hydrogens is 354 g/mol. The van der Waals surface area contributed by atoms with E-state index in [1.807, 2.05) is 6.92 Å². The van der Waals surface area contributed by atoms with Gasteiger partial charge in [-0.15, -0.1) is 11.3 Å². The van der Waals surface area contributed by atoms with E-state index >= 15 is 0 Å². The van der Waals surface area contributed by atoms with Crippen LogP contribution in [-0.4, -0.2) is 35.8 Å². The maximum absolute atomic E-state index is 12.6. The third-order valence-corrected chi connectivity index (χ3v) is 7.53. The number of hydrogen-bond acceptors (Lipinski definition) is 5. The topological polar surface area (TPSA) is 63.2 Å². The van der Waals surface area contributed by atoms with E-state index in [4.69, 9.17) is 11.6 Å². The summed E-state index contributed by atoms with van der Waals surface area (Å²) < 4.78 is 26.8. The van der Waals surface area contributed by atoms with Crippen LogP contribution < -0.4 is 0 Å². The van der Waals surface area contributed by atoms with E-state index in [0.29, 0.717) is 19.0 Å². The summed E-state index contributed by atoms with van der Waals surface area (Å²) in [6.07, 6.45) is 2.91. The predicted molar refractivity (Wildman–Crippen MR) is 91.6 cm³/mol. The van der Waals surface area contributed by atoms with Crippen molar-refractivity contribution in [3.8, 4) is 0 Å². The molecule has 8 heteroatoms. The SMILES string of the molecule is Cc1nc(C2CCN(S(=O)(=O)c3ccc(Cl)nc3)CC2)sc1C. The summed E-state index contributed by atoms with van der Waals surface area (Å²) >= 11 is 7.45. The number of hydrogen-bond donors (Lipinski definition) is 0. The Bertz CT molecular complexity index is 775. The van der Waals surface area contributed by atoms with Gasteiger partial charge in [-0.2, -0.15) is 4.31 Å². The van der Waals surface area contributed by atoms with Crippen molar-refractivity contribution in [2.45, 2.75) is 37.5 Å². The van der Waals surface area contributed by atoms with Crippen molar-refractivity contribution in [2.75, 3.05) is 13.1 Å². The van der Waals surface area contributed by atoms with Crippen LogP contribution in [0.3, 0.4) is 0 Å². The van der Waals surface area contributed by atoms with Gasteiger partial charge in [-0.05, 0) is 38.8 Å². The highest BCUT2D eigenvalue weighted by Gasteiger charge is 2.31. The van der Waals surface area contributed by atoms with Crippen LogP contribution in [0.15, 0.2) is 23.2 Å². The van der Waals surface area contributed by atoms with E-state index < -0.39 is 10.0 Å². The van der Waals surface area contributed by atoms with Crippen LogP contribution in [-0.2, 0) is 10.0 Å². The number of thiazole rings is 1. The molecule has 0 radical (unpaired) electrons. The van der Waals surface area contributed by atoms with Crippen LogP contribution >= 0.6 is 22.9 Å². The van der Waals surface area contributed by atoms with Gasteiger partial charge in [-0.3, -0.25) is 0 Å². The maximum atomic E-state index is 12.6. The quantitative estimate of drug-likeness (QED) is 0.776. The lowest BCUT2D eigenvalue weighted by Gasteiger charge is -2.30. The lowest BCUT2D eigenvalue weighted by molar-refractivity contribution is 0.319. The molecule has 1 saturated heterocycles. The first-order chi connectivity index (χ1) is 10.9. The molecule has 2 aromatic heterocycles. The molecule has 2 aromatic rings. The second kappa shape index (κ2) is 6.47. The summed E-state index contributed by atoms with van der Waals surface area (Å²) in [5.74, 6) is 0.349. The zero-order chi connectivity index (χ0) is 16.6. The lowest BCUT2D eigenvalue weighted by atomic mass is 9.99. The standard InChI is InChI=1S/C15H18ClN3O2S2/c1-10-11(2)22-15(18-10)12-5-7-19(8-6-12)23(20,21)13-3-4-14(16)17-9-13/h3-4,9,12H,5-8H2,1-2H3. The average molecular weight is 372 g/mol. The van der Waals surface area contributed by atoms with Gasteiger partial charge in [0.1, 0.15) is 10.0 Å². The van der Waals surface area contributed by atoms with Crippen LogP contribution in [0.5, 0.6) is 0 Å². The van der Waals surface area contributed by atoms with E-state index in [1.54, 1.807) is 11.3 Å². The summed E-state index contributed by atoms with van der Waals surface area (Å²) in [4.78, 5) is 9.92. The van der Waals surface area contributed by atoms with E-state index in [1.165, 1.54) is 27.5 Å². The summed E-state index contributed by atoms with van der Waals surface area (Å²) in [5, 5.41) is 1.42. The van der Waals surface area contributed by atoms with Gasteiger partial charge in [0.25, 0.3) is 0 Å². The molecular formula is C15H18ClN3O2S2. The fraction of sp³-hybridized carbons (Fsp3) is 0.467. The zero-order valence-corrected chi connectivity index (χ0v) is 15.4. The number of nitrogens with zero attached hydrogens (tertiary/aromatic N) is 3. The average Bonchev–Trinajstić information content (AvgIpc) is 2.87. The zero-order valence-electron chi connectivity index (χ0n) is 13.0. The van der Waals surface area contributed by atoms with Crippen molar-refractivity contribution in [1.82, 2.24) is 14.3 Å². The first-order valence-corrected chi connectivity index (χ1v) is 10.1. The molecule has 0 spiro atoms. The van der Waals surface area contributed by atoms with Gasteiger partial charge < -0.3 is 0 Å². The van der Waals surface area contributed by atoms with Crippen molar-refractivity contribution in [3.05, 3.63) is 39.1 Å². The molecule has 1 fully saturated rings. The summed E-state index contributed by atoms with van der Waals surface area (Å²) in [6.45, 7) is 5.10. The monoisotopic (exact) mass is 371 g/mol. The number of halogens is 1. The molecule has 23 heavy (non-hydrogen) atoms. The van der Waals surface area contributed by atoms with Crippen LogP contribution in [0, 0.1) is 13.8 Å². The molecule has 0 bridgehead atoms. The molecule has 0 aliphatic carbocycles. The largest absolute Gasteiger partial charge is 0.246 e. The second-order valence-corrected chi connectivity index (χ2v) is 9.25. The molecule has 0 amide bonds. The van der Waals surface area contributed by atoms with Gasteiger partial charge in [-0.25, -0.2) is 18.4 Å². The Morgan fingerprint density at radius 1 is 1.26 bits per heavy atom. The smallest absolute Gasteiger partial charge is 0.244 e. The Labute approximate surface area is 145 Å². The molecule has 0 atom stereocenters. The first kappa shape index (κ1) is 16.8. The first-order valence-electron chi connectivity index (χ1n) is 7.43. The van der Waals surface area contributed by atoms with Gasteiger partial charge >= 0.3 is 0 Å². The third kappa shape index (κ3) is 3.42. The fourth-order valence-corrected chi connectivity index (χ4v) is 5.30. The summed E-state index contributed by atoms with van der Waals surface area (Å²) in [6, 6.07) is 3.01. The molecule has 1 aliphatic rings. The molecule has 5 nitrogen and oxygen atoms in total. The minimum Gasteiger partial charge on any atom is -0.246 e. The highest BCUT2D eigenvalue weighted by molar-refractivity contribution is 7.89. The van der Waals surface area contributed by atoms with Crippen molar-refractivity contribution in [3.63, 3.8) is 0 Å². The maximum Gasteiger partial charge on any atom is 0.244 e. The van der Waals surface area contributed by atoms with Crippen molar-refractivity contribution in [1.29, 1.82) is 0 Å².